The standard InChI is InChI=1S/C6H5FN/c1-5-2-3-8-6(7)4-5/h2-4H,1H2. The molecule has 1 rings (SSSR count). The molecule has 2 heteroatoms. The van der Waals surface area contributed by atoms with Crippen LogP contribution in [0.2, 0.25) is 0 Å². The number of halogens is 1. The van der Waals surface area contributed by atoms with Gasteiger partial charge in [-0.25, -0.2) is 4.98 Å². The number of hydrogen-bond acceptors (Lipinski definition) is 1. The SMILES string of the molecule is [CH2]c1ccnc(F)c1. The van der Waals surface area contributed by atoms with Crippen LogP contribution in [0, 0.1) is 12.9 Å². The van der Waals surface area contributed by atoms with Crippen molar-refractivity contribution in [1.29, 1.82) is 0 Å². The largest absolute Gasteiger partial charge is 0.228 e. The first-order chi connectivity index (χ1) is 3.79. The average Bonchev–Trinajstić information content (AvgIpc) is 1.64. The molecule has 0 atom stereocenters. The maximum atomic E-state index is 12.0. The van der Waals surface area contributed by atoms with Crippen molar-refractivity contribution in [2.75, 3.05) is 0 Å². The number of pyridine rings is 1. The fourth-order valence-electron chi connectivity index (χ4n) is 0.443. The van der Waals surface area contributed by atoms with Gasteiger partial charge in [-0.1, -0.05) is 0 Å². The van der Waals surface area contributed by atoms with Gasteiger partial charge in [-0.2, -0.15) is 4.39 Å². The second-order valence-electron chi connectivity index (χ2n) is 1.49. The Morgan fingerprint density at radius 3 is 2.75 bits per heavy atom. The van der Waals surface area contributed by atoms with Crippen LogP contribution in [0.15, 0.2) is 18.3 Å². The summed E-state index contributed by atoms with van der Waals surface area (Å²) < 4.78 is 12.0. The van der Waals surface area contributed by atoms with E-state index in [0.29, 0.717) is 5.56 Å². The maximum absolute atomic E-state index is 12.0. The first-order valence-electron chi connectivity index (χ1n) is 2.22. The van der Waals surface area contributed by atoms with E-state index in [0.717, 1.165) is 0 Å². The van der Waals surface area contributed by atoms with Crippen molar-refractivity contribution in [3.05, 3.63) is 36.8 Å². The normalized spacial score (nSPS) is 9.25. The summed E-state index contributed by atoms with van der Waals surface area (Å²) in [5.41, 5.74) is 0.650. The predicted molar refractivity (Wildman–Crippen MR) is 28.7 cm³/mol. The molecule has 0 aliphatic carbocycles. The molecule has 1 radical (unpaired) electrons. The molecule has 0 fully saturated rings. The second-order valence-corrected chi connectivity index (χ2v) is 1.49. The Bertz CT molecular complexity index is 168. The molecule has 41 valence electrons. The second kappa shape index (κ2) is 1.90. The third-order valence-corrected chi connectivity index (χ3v) is 0.791. The fourth-order valence-corrected chi connectivity index (χ4v) is 0.443. The lowest BCUT2D eigenvalue weighted by atomic mass is 10.3. The molecule has 0 bridgehead atoms. The minimum Gasteiger partial charge on any atom is -0.228 e. The third kappa shape index (κ3) is 1.03. The van der Waals surface area contributed by atoms with Crippen molar-refractivity contribution in [3.63, 3.8) is 0 Å². The van der Waals surface area contributed by atoms with Gasteiger partial charge in [-0.3, -0.25) is 0 Å². The van der Waals surface area contributed by atoms with Crippen LogP contribution in [0.1, 0.15) is 5.56 Å². The van der Waals surface area contributed by atoms with Gasteiger partial charge in [0.1, 0.15) is 0 Å². The molecule has 8 heavy (non-hydrogen) atoms. The first kappa shape index (κ1) is 5.22. The Morgan fingerprint density at radius 1 is 1.62 bits per heavy atom. The van der Waals surface area contributed by atoms with Gasteiger partial charge in [-0.15, -0.1) is 0 Å². The highest BCUT2D eigenvalue weighted by atomic mass is 19.1. The van der Waals surface area contributed by atoms with Crippen LogP contribution in [0.25, 0.3) is 0 Å². The molecule has 0 aliphatic heterocycles. The van der Waals surface area contributed by atoms with Crippen LogP contribution in [0.4, 0.5) is 4.39 Å². The molecule has 0 amide bonds. The fraction of sp³-hybridized carbons (Fsp3) is 0. The molecule has 1 heterocycles. The van der Waals surface area contributed by atoms with E-state index in [2.05, 4.69) is 11.9 Å². The number of nitrogens with zero attached hydrogens (tertiary/aromatic N) is 1. The molecule has 0 aromatic carbocycles. The minimum absolute atomic E-state index is 0.475. The van der Waals surface area contributed by atoms with Crippen LogP contribution in [0.3, 0.4) is 0 Å². The molecule has 0 spiro atoms. The topological polar surface area (TPSA) is 12.9 Å². The number of hydrogen-bond donors (Lipinski definition) is 0. The van der Waals surface area contributed by atoms with Crippen LogP contribution in [-0.4, -0.2) is 4.98 Å². The molecule has 1 aromatic heterocycles. The van der Waals surface area contributed by atoms with Gasteiger partial charge in [0, 0.05) is 6.20 Å². The van der Waals surface area contributed by atoms with E-state index in [4.69, 9.17) is 0 Å². The van der Waals surface area contributed by atoms with Crippen LogP contribution < -0.4 is 0 Å². The van der Waals surface area contributed by atoms with E-state index in [1.807, 2.05) is 0 Å². The minimum atomic E-state index is -0.475. The molecule has 1 aromatic rings. The summed E-state index contributed by atoms with van der Waals surface area (Å²) >= 11 is 0. The number of rotatable bonds is 0. The van der Waals surface area contributed by atoms with Crippen molar-refractivity contribution in [1.82, 2.24) is 4.98 Å². The summed E-state index contributed by atoms with van der Waals surface area (Å²) in [4.78, 5) is 3.33. The van der Waals surface area contributed by atoms with E-state index < -0.39 is 5.95 Å². The van der Waals surface area contributed by atoms with E-state index >= 15 is 0 Å². The molecule has 0 saturated heterocycles. The lowest BCUT2D eigenvalue weighted by Gasteiger charge is -1.86. The highest BCUT2D eigenvalue weighted by molar-refractivity contribution is 5.13. The van der Waals surface area contributed by atoms with Crippen molar-refractivity contribution >= 4 is 0 Å². The molecule has 0 N–H and O–H groups in total. The van der Waals surface area contributed by atoms with Gasteiger partial charge >= 0.3 is 0 Å². The van der Waals surface area contributed by atoms with Gasteiger partial charge < -0.3 is 0 Å². The monoisotopic (exact) mass is 110 g/mol. The highest BCUT2D eigenvalue weighted by Gasteiger charge is 1.86. The third-order valence-electron chi connectivity index (χ3n) is 0.791. The lowest BCUT2D eigenvalue weighted by Crippen LogP contribution is -1.79. The van der Waals surface area contributed by atoms with Crippen molar-refractivity contribution < 1.29 is 4.39 Å². The van der Waals surface area contributed by atoms with Gasteiger partial charge in [-0.05, 0) is 24.6 Å². The molecular formula is C6H5FN. The summed E-state index contributed by atoms with van der Waals surface area (Å²) in [6.07, 6.45) is 1.39. The van der Waals surface area contributed by atoms with Gasteiger partial charge in [0.05, 0.1) is 0 Å². The molecule has 1 nitrogen and oxygen atoms in total. The summed E-state index contributed by atoms with van der Waals surface area (Å²) in [5.74, 6) is -0.475. The quantitative estimate of drug-likeness (QED) is 0.460. The Labute approximate surface area is 47.2 Å². The van der Waals surface area contributed by atoms with Crippen LogP contribution in [-0.2, 0) is 0 Å². The van der Waals surface area contributed by atoms with E-state index in [-0.39, 0.29) is 0 Å². The van der Waals surface area contributed by atoms with Gasteiger partial charge in [0.2, 0.25) is 5.95 Å². The van der Waals surface area contributed by atoms with E-state index in [1.54, 1.807) is 6.07 Å². The molecule has 0 unspecified atom stereocenters. The van der Waals surface area contributed by atoms with E-state index in [9.17, 15) is 4.39 Å². The lowest BCUT2D eigenvalue weighted by molar-refractivity contribution is 0.583. The van der Waals surface area contributed by atoms with Crippen molar-refractivity contribution in [2.45, 2.75) is 0 Å². The van der Waals surface area contributed by atoms with Crippen molar-refractivity contribution in [2.24, 2.45) is 0 Å². The molecule has 0 aliphatic rings. The number of aromatic nitrogens is 1. The summed E-state index contributed by atoms with van der Waals surface area (Å²) in [7, 11) is 0. The smallest absolute Gasteiger partial charge is 0.213 e. The Kier molecular flexibility index (Phi) is 1.24. The summed E-state index contributed by atoms with van der Waals surface area (Å²) in [6, 6.07) is 2.92. The zero-order valence-corrected chi connectivity index (χ0v) is 4.26. The van der Waals surface area contributed by atoms with Crippen LogP contribution >= 0.6 is 0 Å². The summed E-state index contributed by atoms with van der Waals surface area (Å²) in [6.45, 7) is 3.50. The van der Waals surface area contributed by atoms with Crippen molar-refractivity contribution in [3.8, 4) is 0 Å². The highest BCUT2D eigenvalue weighted by Crippen LogP contribution is 1.95. The molecule has 0 saturated carbocycles. The van der Waals surface area contributed by atoms with Gasteiger partial charge in [0.15, 0.2) is 0 Å². The van der Waals surface area contributed by atoms with Gasteiger partial charge in [0.25, 0.3) is 0 Å². The zero-order chi connectivity index (χ0) is 5.98. The van der Waals surface area contributed by atoms with E-state index in [1.165, 1.54) is 12.3 Å². The maximum Gasteiger partial charge on any atom is 0.213 e. The average molecular weight is 110 g/mol. The Balaban J connectivity index is 3.08. The zero-order valence-electron chi connectivity index (χ0n) is 4.26. The predicted octanol–water partition coefficient (Wildman–Crippen LogP) is 1.40. The Hall–Kier alpha value is -0.920. The first-order valence-corrected chi connectivity index (χ1v) is 2.22. The summed E-state index contributed by atoms with van der Waals surface area (Å²) in [5, 5.41) is 0. The van der Waals surface area contributed by atoms with Crippen LogP contribution in [0.5, 0.6) is 0 Å². The Morgan fingerprint density at radius 2 is 2.38 bits per heavy atom. The molecular weight excluding hydrogens is 105 g/mol.